The fourth-order valence-corrected chi connectivity index (χ4v) is 8.19. The Balaban J connectivity index is 1.01. The fourth-order valence-electron chi connectivity index (χ4n) is 6.91. The van der Waals surface area contributed by atoms with Crippen LogP contribution in [0.3, 0.4) is 0 Å². The first-order valence-electron chi connectivity index (χ1n) is 15.9. The van der Waals surface area contributed by atoms with Crippen molar-refractivity contribution in [2.45, 2.75) is 81.4 Å². The van der Waals surface area contributed by atoms with Gasteiger partial charge in [-0.3, -0.25) is 9.69 Å². The number of hydrogen-bond donors (Lipinski definition) is 2. The van der Waals surface area contributed by atoms with Crippen LogP contribution in [0.5, 0.6) is 5.75 Å². The van der Waals surface area contributed by atoms with Gasteiger partial charge in [0.05, 0.1) is 17.5 Å². The van der Waals surface area contributed by atoms with E-state index in [0.717, 1.165) is 47.8 Å². The van der Waals surface area contributed by atoms with Crippen LogP contribution in [-0.2, 0) is 21.4 Å². The summed E-state index contributed by atoms with van der Waals surface area (Å²) in [6.45, 7) is 7.95. The van der Waals surface area contributed by atoms with Crippen LogP contribution in [0.1, 0.15) is 69.0 Å². The second-order valence-electron chi connectivity index (χ2n) is 12.5. The van der Waals surface area contributed by atoms with E-state index in [2.05, 4.69) is 38.0 Å². The normalized spacial score (nSPS) is 21.2. The molecule has 0 aliphatic carbocycles. The van der Waals surface area contributed by atoms with Crippen molar-refractivity contribution in [1.82, 2.24) is 19.8 Å². The topological polar surface area (TPSA) is 91.0 Å². The number of fused-ring (bicyclic) bond motifs is 2. The van der Waals surface area contributed by atoms with Gasteiger partial charge < -0.3 is 15.0 Å². The van der Waals surface area contributed by atoms with Crippen molar-refractivity contribution in [3.05, 3.63) is 71.8 Å². The van der Waals surface area contributed by atoms with Gasteiger partial charge in [0.2, 0.25) is 15.9 Å². The molecule has 0 spiro atoms. The second kappa shape index (κ2) is 13.3. The Hall–Kier alpha value is -2.98. The summed E-state index contributed by atoms with van der Waals surface area (Å²) < 4.78 is 34.7. The van der Waals surface area contributed by atoms with Gasteiger partial charge in [-0.25, -0.2) is 13.1 Å². The van der Waals surface area contributed by atoms with Crippen LogP contribution in [-0.4, -0.2) is 69.0 Å². The van der Waals surface area contributed by atoms with Gasteiger partial charge in [-0.15, -0.1) is 0 Å². The highest BCUT2D eigenvalue weighted by Crippen LogP contribution is 2.34. The third kappa shape index (κ3) is 7.40. The molecular formula is C34H44N4O4S. The minimum Gasteiger partial charge on any atom is -0.493 e. The first kappa shape index (κ1) is 30.1. The molecule has 2 atom stereocenters. The Kier molecular flexibility index (Phi) is 9.33. The fraction of sp³-hybridized carbons (Fsp3) is 0.500. The molecule has 0 bridgehead atoms. The number of carbonyl (C=O) groups excluding carboxylic acids is 1. The maximum absolute atomic E-state index is 13.0. The predicted molar refractivity (Wildman–Crippen MR) is 170 cm³/mol. The number of amides is 1. The van der Waals surface area contributed by atoms with E-state index in [4.69, 9.17) is 4.74 Å². The number of rotatable bonds is 9. The third-order valence-corrected chi connectivity index (χ3v) is 10.8. The average Bonchev–Trinajstić information content (AvgIpc) is 3.01. The van der Waals surface area contributed by atoms with Crippen molar-refractivity contribution in [2.75, 3.05) is 32.8 Å². The highest BCUT2D eigenvalue weighted by atomic mass is 32.2. The molecule has 3 aliphatic heterocycles. The van der Waals surface area contributed by atoms with Crippen molar-refractivity contribution in [3.63, 3.8) is 0 Å². The third-order valence-electron chi connectivity index (χ3n) is 9.20. The van der Waals surface area contributed by atoms with Crippen LogP contribution in [0.15, 0.2) is 65.6 Å². The van der Waals surface area contributed by atoms with Gasteiger partial charge in [0.1, 0.15) is 5.75 Å². The largest absolute Gasteiger partial charge is 0.493 e. The molecule has 3 aliphatic rings. The first-order chi connectivity index (χ1) is 20.8. The number of hydrogen-bond acceptors (Lipinski definition) is 6. The molecule has 230 valence electrons. The van der Waals surface area contributed by atoms with Crippen molar-refractivity contribution in [3.8, 4) is 5.75 Å². The van der Waals surface area contributed by atoms with Crippen molar-refractivity contribution in [2.24, 2.45) is 0 Å². The summed E-state index contributed by atoms with van der Waals surface area (Å²) >= 11 is 0. The van der Waals surface area contributed by atoms with Crippen LogP contribution in [0.25, 0.3) is 10.8 Å². The SMILES string of the molecule is C[C@@H](CC(=O)NC1CCOc2cc(CN3CCC(N4CCCCC4)CC3)ccc21)NS(=O)(=O)c1ccc2ccccc2c1. The van der Waals surface area contributed by atoms with Gasteiger partial charge in [-0.1, -0.05) is 48.9 Å². The monoisotopic (exact) mass is 604 g/mol. The molecule has 3 aromatic carbocycles. The molecule has 1 amide bonds. The molecule has 0 saturated carbocycles. The van der Waals surface area contributed by atoms with E-state index < -0.39 is 16.1 Å². The number of piperidine rings is 2. The summed E-state index contributed by atoms with van der Waals surface area (Å²) in [5.74, 6) is 0.648. The second-order valence-corrected chi connectivity index (χ2v) is 14.2. The quantitative estimate of drug-likeness (QED) is 0.358. The maximum atomic E-state index is 13.0. The molecule has 2 saturated heterocycles. The van der Waals surface area contributed by atoms with E-state index in [1.807, 2.05) is 24.3 Å². The van der Waals surface area contributed by atoms with E-state index >= 15 is 0 Å². The summed E-state index contributed by atoms with van der Waals surface area (Å²) in [6, 6.07) is 19.1. The lowest BCUT2D eigenvalue weighted by Crippen LogP contribution is -2.46. The molecule has 3 aromatic rings. The van der Waals surface area contributed by atoms with E-state index in [-0.39, 0.29) is 23.3 Å². The van der Waals surface area contributed by atoms with Crippen LogP contribution in [0, 0.1) is 0 Å². The lowest BCUT2D eigenvalue weighted by molar-refractivity contribution is -0.122. The Morgan fingerprint density at radius 3 is 2.49 bits per heavy atom. The molecular weight excluding hydrogens is 560 g/mol. The molecule has 3 heterocycles. The zero-order valence-corrected chi connectivity index (χ0v) is 26.0. The predicted octanol–water partition coefficient (Wildman–Crippen LogP) is 4.99. The Morgan fingerprint density at radius 1 is 0.930 bits per heavy atom. The molecule has 8 nitrogen and oxygen atoms in total. The smallest absolute Gasteiger partial charge is 0.240 e. The maximum Gasteiger partial charge on any atom is 0.240 e. The Bertz CT molecular complexity index is 1530. The minimum absolute atomic E-state index is 0.0466. The Morgan fingerprint density at radius 2 is 1.70 bits per heavy atom. The molecule has 43 heavy (non-hydrogen) atoms. The number of sulfonamides is 1. The van der Waals surface area contributed by atoms with E-state index in [1.54, 1.807) is 25.1 Å². The molecule has 0 aromatic heterocycles. The average molecular weight is 605 g/mol. The number of ether oxygens (including phenoxy) is 1. The number of nitrogens with zero attached hydrogens (tertiary/aromatic N) is 2. The van der Waals surface area contributed by atoms with Crippen LogP contribution >= 0.6 is 0 Å². The van der Waals surface area contributed by atoms with Gasteiger partial charge in [0, 0.05) is 37.0 Å². The lowest BCUT2D eigenvalue weighted by Gasteiger charge is -2.40. The van der Waals surface area contributed by atoms with Crippen LogP contribution in [0.2, 0.25) is 0 Å². The number of benzene rings is 3. The molecule has 2 N–H and O–H groups in total. The van der Waals surface area contributed by atoms with Crippen LogP contribution in [0.4, 0.5) is 0 Å². The van der Waals surface area contributed by atoms with Gasteiger partial charge >= 0.3 is 0 Å². The number of likely N-dealkylation sites (tertiary alicyclic amines) is 2. The van der Waals surface area contributed by atoms with Gasteiger partial charge in [-0.05, 0) is 93.3 Å². The van der Waals surface area contributed by atoms with Gasteiger partial charge in [0.15, 0.2) is 0 Å². The molecule has 2 fully saturated rings. The first-order valence-corrected chi connectivity index (χ1v) is 17.3. The minimum atomic E-state index is -3.76. The number of nitrogens with one attached hydrogen (secondary N) is 2. The molecule has 1 unspecified atom stereocenters. The summed E-state index contributed by atoms with van der Waals surface area (Å²) in [6.07, 6.45) is 7.29. The van der Waals surface area contributed by atoms with Crippen molar-refractivity contribution >= 4 is 26.7 Å². The highest BCUT2D eigenvalue weighted by molar-refractivity contribution is 7.89. The molecule has 9 heteroatoms. The summed E-state index contributed by atoms with van der Waals surface area (Å²) in [5.41, 5.74) is 2.22. The Labute approximate surface area is 255 Å². The molecule has 0 radical (unpaired) electrons. The zero-order chi connectivity index (χ0) is 29.8. The van der Waals surface area contributed by atoms with Gasteiger partial charge in [0.25, 0.3) is 0 Å². The summed E-state index contributed by atoms with van der Waals surface area (Å²) in [5, 5.41) is 4.96. The summed E-state index contributed by atoms with van der Waals surface area (Å²) in [7, 11) is -3.76. The zero-order valence-electron chi connectivity index (χ0n) is 25.1. The highest BCUT2D eigenvalue weighted by Gasteiger charge is 2.28. The summed E-state index contributed by atoms with van der Waals surface area (Å²) in [4.78, 5) is 18.5. The standard InChI is InChI=1S/C34H44N4O4S/c1-25(36-43(40,41)30-11-10-27-7-3-4-8-28(27)23-30)21-34(39)35-32-15-20-42-33-22-26(9-12-31(32)33)24-37-18-13-29(14-19-37)38-16-5-2-6-17-38/h3-4,7-12,22-23,25,29,32,36H,2,5-6,13-21,24H2,1H3,(H,35,39)/t25-,32?/m0/s1. The van der Waals surface area contributed by atoms with E-state index in [0.29, 0.717) is 13.0 Å². The van der Waals surface area contributed by atoms with E-state index in [1.165, 1.54) is 50.8 Å². The van der Waals surface area contributed by atoms with Crippen LogP contribution < -0.4 is 14.8 Å². The molecule has 6 rings (SSSR count). The lowest BCUT2D eigenvalue weighted by atomic mass is 9.97. The van der Waals surface area contributed by atoms with Crippen molar-refractivity contribution < 1.29 is 17.9 Å². The van der Waals surface area contributed by atoms with Crippen molar-refractivity contribution in [1.29, 1.82) is 0 Å². The van der Waals surface area contributed by atoms with Gasteiger partial charge in [-0.2, -0.15) is 0 Å². The number of carbonyl (C=O) groups is 1. The van der Waals surface area contributed by atoms with E-state index in [9.17, 15) is 13.2 Å².